The molecule has 1 aromatic heterocycles. The van der Waals surface area contributed by atoms with E-state index in [1.807, 2.05) is 0 Å². The van der Waals surface area contributed by atoms with E-state index >= 15 is 0 Å². The quantitative estimate of drug-likeness (QED) is 0.152. The fourth-order valence-corrected chi connectivity index (χ4v) is 11.0. The second-order valence-corrected chi connectivity index (χ2v) is 16.8. The molecule has 10 aromatic rings. The van der Waals surface area contributed by atoms with Gasteiger partial charge >= 0.3 is 0 Å². The molecule has 12 rings (SSSR count). The van der Waals surface area contributed by atoms with Crippen LogP contribution in [0.5, 0.6) is 0 Å². The van der Waals surface area contributed by atoms with Crippen molar-refractivity contribution in [3.05, 3.63) is 247 Å². The zero-order valence-electron chi connectivity index (χ0n) is 34.5. The molecular weight excluding hydrogens is 751 g/mol. The predicted molar refractivity (Wildman–Crippen MR) is 259 cm³/mol. The highest BCUT2D eigenvalue weighted by Gasteiger charge is 2.49. The number of para-hydroxylation sites is 5. The van der Waals surface area contributed by atoms with E-state index in [0.717, 1.165) is 42.7 Å². The molecule has 0 saturated carbocycles. The van der Waals surface area contributed by atoms with Gasteiger partial charge in [-0.1, -0.05) is 146 Å². The molecule has 1 spiro atoms. The average Bonchev–Trinajstić information content (AvgIpc) is 4.02. The molecule has 296 valence electrons. The third-order valence-electron chi connectivity index (χ3n) is 13.5. The van der Waals surface area contributed by atoms with Crippen LogP contribution in [0.25, 0.3) is 38.6 Å². The summed E-state index contributed by atoms with van der Waals surface area (Å²) < 4.78 is 2.45. The molecule has 0 amide bonds. The molecule has 0 N–H and O–H groups in total. The Morgan fingerprint density at radius 3 is 1.44 bits per heavy atom. The van der Waals surface area contributed by atoms with Gasteiger partial charge in [0.05, 0.1) is 28.1 Å². The van der Waals surface area contributed by atoms with Crippen molar-refractivity contribution in [2.45, 2.75) is 31.1 Å². The van der Waals surface area contributed by atoms with Crippen LogP contribution in [0.4, 0.5) is 34.1 Å². The van der Waals surface area contributed by atoms with E-state index in [1.54, 1.807) is 0 Å². The van der Waals surface area contributed by atoms with Crippen LogP contribution >= 0.6 is 0 Å². The minimum absolute atomic E-state index is 0.192. The highest BCUT2D eigenvalue weighted by Crippen LogP contribution is 2.60. The molecule has 0 radical (unpaired) electrons. The Morgan fingerprint density at radius 2 is 0.855 bits per heavy atom. The lowest BCUT2D eigenvalue weighted by Gasteiger charge is -2.37. The lowest BCUT2D eigenvalue weighted by molar-refractivity contribution is 0.508. The smallest absolute Gasteiger partial charge is 0.0562 e. The van der Waals surface area contributed by atoms with Gasteiger partial charge in [-0.25, -0.2) is 0 Å². The fraction of sp³-hybridized carbons (Fsp3) is 0.0847. The summed E-state index contributed by atoms with van der Waals surface area (Å²) in [6.07, 6.45) is 4.20. The Balaban J connectivity index is 1.15. The summed E-state index contributed by atoms with van der Waals surface area (Å²) in [7, 11) is 0. The second kappa shape index (κ2) is 14.8. The first-order valence-corrected chi connectivity index (χ1v) is 22.0. The fourth-order valence-electron chi connectivity index (χ4n) is 11.0. The third kappa shape index (κ3) is 5.73. The monoisotopic (exact) mass is 795 g/mol. The number of benzene rings is 9. The second-order valence-electron chi connectivity index (χ2n) is 16.8. The zero-order chi connectivity index (χ0) is 41.0. The molecule has 3 heteroatoms. The minimum atomic E-state index is -0.192. The van der Waals surface area contributed by atoms with Crippen molar-refractivity contribution in [3.63, 3.8) is 0 Å². The number of rotatable bonds is 8. The Morgan fingerprint density at radius 1 is 0.371 bits per heavy atom. The summed E-state index contributed by atoms with van der Waals surface area (Å²) >= 11 is 0. The molecule has 0 saturated heterocycles. The maximum absolute atomic E-state index is 2.59. The highest BCUT2D eigenvalue weighted by molar-refractivity contribution is 6.13. The number of nitrogens with zero attached hydrogens (tertiary/aromatic N) is 3. The minimum Gasteiger partial charge on any atom is -0.310 e. The van der Waals surface area contributed by atoms with E-state index < -0.39 is 0 Å². The summed E-state index contributed by atoms with van der Waals surface area (Å²) in [6.45, 7) is 0. The van der Waals surface area contributed by atoms with E-state index in [4.69, 9.17) is 0 Å². The molecule has 0 fully saturated rings. The van der Waals surface area contributed by atoms with Crippen LogP contribution in [0.3, 0.4) is 0 Å². The normalized spacial score (nSPS) is 15.2. The number of hydrogen-bond acceptors (Lipinski definition) is 2. The summed E-state index contributed by atoms with van der Waals surface area (Å²) in [5.41, 5.74) is 18.7. The van der Waals surface area contributed by atoms with Crippen LogP contribution in [0.15, 0.2) is 224 Å². The molecule has 0 unspecified atom stereocenters. The van der Waals surface area contributed by atoms with Gasteiger partial charge in [-0.3, -0.25) is 0 Å². The van der Waals surface area contributed by atoms with E-state index in [1.165, 1.54) is 77.9 Å². The summed E-state index contributed by atoms with van der Waals surface area (Å²) in [6, 6.07) is 82.6. The lowest BCUT2D eigenvalue weighted by Crippen LogP contribution is -2.27. The van der Waals surface area contributed by atoms with Crippen molar-refractivity contribution in [2.24, 2.45) is 0 Å². The van der Waals surface area contributed by atoms with Crippen molar-refractivity contribution in [3.8, 4) is 16.8 Å². The molecule has 3 nitrogen and oxygen atoms in total. The van der Waals surface area contributed by atoms with Gasteiger partial charge in [0.2, 0.25) is 0 Å². The van der Waals surface area contributed by atoms with Crippen molar-refractivity contribution >= 4 is 55.9 Å². The first kappa shape index (κ1) is 36.2. The van der Waals surface area contributed by atoms with Crippen LogP contribution < -0.4 is 9.80 Å². The van der Waals surface area contributed by atoms with Gasteiger partial charge < -0.3 is 14.4 Å². The molecule has 0 aliphatic heterocycles. The number of aryl methyl sites for hydroxylation is 2. The van der Waals surface area contributed by atoms with Gasteiger partial charge in [0, 0.05) is 44.5 Å². The number of anilines is 6. The van der Waals surface area contributed by atoms with Gasteiger partial charge in [-0.2, -0.15) is 0 Å². The number of hydrogen-bond donors (Lipinski definition) is 0. The van der Waals surface area contributed by atoms with Gasteiger partial charge in [-0.15, -0.1) is 0 Å². The predicted octanol–water partition coefficient (Wildman–Crippen LogP) is 15.6. The largest absolute Gasteiger partial charge is 0.310 e. The van der Waals surface area contributed by atoms with Crippen molar-refractivity contribution in [1.82, 2.24) is 4.57 Å². The van der Waals surface area contributed by atoms with Crippen LogP contribution in [0.1, 0.15) is 35.1 Å². The summed E-state index contributed by atoms with van der Waals surface area (Å²) in [5, 5.41) is 2.49. The summed E-state index contributed by atoms with van der Waals surface area (Å²) in [4.78, 5) is 5.08. The molecule has 1 heterocycles. The van der Waals surface area contributed by atoms with Gasteiger partial charge in [-0.05, 0) is 132 Å². The Kier molecular flexibility index (Phi) is 8.67. The van der Waals surface area contributed by atoms with E-state index in [-0.39, 0.29) is 5.41 Å². The molecule has 0 bridgehead atoms. The van der Waals surface area contributed by atoms with Crippen molar-refractivity contribution in [1.29, 1.82) is 0 Å². The first-order chi connectivity index (χ1) is 30.8. The molecule has 2 aliphatic rings. The average molecular weight is 796 g/mol. The molecule has 2 aliphatic carbocycles. The van der Waals surface area contributed by atoms with Gasteiger partial charge in [0.25, 0.3) is 0 Å². The first-order valence-electron chi connectivity index (χ1n) is 22.0. The standard InChI is InChI=1S/C59H45N3/c1-6-20-42(21-7-1)50-40-51-49-32-16-17-33-52(49)61(47-28-12-4-13-29-47)56(51)41-55(50)62(48-30-14-5-15-31-48)54-35-19-23-44-37-39-59(58(44)54)38-36-43-22-18-34-53(57(43)59)60(45-24-8-2-9-25-45)46-26-10-3-11-27-46/h1-35,40-41H,36-39H2/t59-/m1/s1. The molecular formula is C59H45N3. The van der Waals surface area contributed by atoms with E-state index in [9.17, 15) is 0 Å². The lowest BCUT2D eigenvalue weighted by atomic mass is 9.74. The van der Waals surface area contributed by atoms with E-state index in [0.29, 0.717) is 0 Å². The maximum atomic E-state index is 2.59. The van der Waals surface area contributed by atoms with Crippen LogP contribution in [0, 0.1) is 0 Å². The molecule has 1 atom stereocenters. The van der Waals surface area contributed by atoms with Gasteiger partial charge in [0.1, 0.15) is 0 Å². The summed E-state index contributed by atoms with van der Waals surface area (Å²) in [5.74, 6) is 0. The zero-order valence-corrected chi connectivity index (χ0v) is 34.5. The van der Waals surface area contributed by atoms with Crippen LogP contribution in [-0.4, -0.2) is 4.57 Å². The van der Waals surface area contributed by atoms with Crippen LogP contribution in [0.2, 0.25) is 0 Å². The maximum Gasteiger partial charge on any atom is 0.0562 e. The third-order valence-corrected chi connectivity index (χ3v) is 13.5. The molecule has 9 aromatic carbocycles. The SMILES string of the molecule is c1ccc(-c2cc3c4ccccc4n(-c4ccccc4)c3cc2N(c2ccccc2)c2cccc3c2[C@]2(CCc4cccc(N(c5ccccc5)c5ccccc5)c42)CC3)cc1. The van der Waals surface area contributed by atoms with Crippen molar-refractivity contribution in [2.75, 3.05) is 9.80 Å². The van der Waals surface area contributed by atoms with Crippen molar-refractivity contribution < 1.29 is 0 Å². The Hall–Kier alpha value is -7.62. The topological polar surface area (TPSA) is 11.4 Å². The number of aromatic nitrogens is 1. The number of fused-ring (bicyclic) bond motifs is 7. The van der Waals surface area contributed by atoms with Gasteiger partial charge in [0.15, 0.2) is 0 Å². The highest BCUT2D eigenvalue weighted by atomic mass is 15.2. The molecule has 62 heavy (non-hydrogen) atoms. The Labute approximate surface area is 363 Å². The Bertz CT molecular complexity index is 3190. The van der Waals surface area contributed by atoms with Crippen LogP contribution in [-0.2, 0) is 18.3 Å². The van der Waals surface area contributed by atoms with E-state index in [2.05, 4.69) is 239 Å².